The van der Waals surface area contributed by atoms with E-state index in [0.717, 1.165) is 19.6 Å². The summed E-state index contributed by atoms with van der Waals surface area (Å²) in [6.45, 7) is 13.0. The molecule has 0 aromatic carbocycles. The summed E-state index contributed by atoms with van der Waals surface area (Å²) in [5, 5.41) is 4.85. The van der Waals surface area contributed by atoms with Crippen molar-refractivity contribution in [2.24, 2.45) is 0 Å². The van der Waals surface area contributed by atoms with Gasteiger partial charge in [-0.2, -0.15) is 0 Å². The molecule has 1 aromatic rings. The summed E-state index contributed by atoms with van der Waals surface area (Å²) in [6, 6.07) is 0.394. The van der Waals surface area contributed by atoms with Crippen LogP contribution in [0.25, 0.3) is 0 Å². The van der Waals surface area contributed by atoms with Gasteiger partial charge in [-0.15, -0.1) is 11.3 Å². The number of nitrogens with zero attached hydrogens (tertiary/aromatic N) is 1. The van der Waals surface area contributed by atoms with Crippen molar-refractivity contribution in [1.82, 2.24) is 10.3 Å². The second-order valence-electron chi connectivity index (χ2n) is 6.45. The van der Waals surface area contributed by atoms with Crippen molar-refractivity contribution in [2.75, 3.05) is 20.3 Å². The van der Waals surface area contributed by atoms with Crippen LogP contribution in [0.3, 0.4) is 0 Å². The molecule has 1 atom stereocenters. The Kier molecular flexibility index (Phi) is 7.13. The van der Waals surface area contributed by atoms with Gasteiger partial charge in [-0.1, -0.05) is 20.8 Å². The third-order valence-electron chi connectivity index (χ3n) is 3.34. The van der Waals surface area contributed by atoms with Gasteiger partial charge in [0.25, 0.3) is 0 Å². The summed E-state index contributed by atoms with van der Waals surface area (Å²) >= 11 is 1.85. The number of nitrogens with one attached hydrogen (secondary N) is 1. The number of hydrogen-bond acceptors (Lipinski definition) is 4. The molecule has 0 radical (unpaired) electrons. The molecule has 0 spiro atoms. The topological polar surface area (TPSA) is 34.1 Å². The van der Waals surface area contributed by atoms with E-state index in [4.69, 9.17) is 9.72 Å². The van der Waals surface area contributed by atoms with Crippen LogP contribution in [-0.4, -0.2) is 25.2 Å². The Hall–Kier alpha value is -0.450. The lowest BCUT2D eigenvalue weighted by atomic mass is 9.98. The van der Waals surface area contributed by atoms with Crippen LogP contribution in [-0.2, 0) is 10.2 Å². The largest absolute Gasteiger partial charge is 0.385 e. The highest BCUT2D eigenvalue weighted by Crippen LogP contribution is 2.32. The molecular formula is C16H30N2OS. The van der Waals surface area contributed by atoms with E-state index < -0.39 is 0 Å². The molecule has 4 heteroatoms. The molecule has 1 rings (SSSR count). The minimum atomic E-state index is 0.146. The molecule has 0 fully saturated rings. The summed E-state index contributed by atoms with van der Waals surface area (Å²) in [4.78, 5) is 6.12. The highest BCUT2D eigenvalue weighted by molar-refractivity contribution is 7.12. The van der Waals surface area contributed by atoms with Gasteiger partial charge >= 0.3 is 0 Å². The highest BCUT2D eigenvalue weighted by Gasteiger charge is 2.22. The average Bonchev–Trinajstić information content (AvgIpc) is 2.75. The van der Waals surface area contributed by atoms with Crippen LogP contribution in [0.1, 0.15) is 68.6 Å². The standard InChI is InChI=1S/C16H30N2OS/c1-12(17-10-8-7-9-11-19-6)14-13(2)18-15(20-14)16(3,4)5/h12,17H,7-11H2,1-6H3. The average molecular weight is 298 g/mol. The van der Waals surface area contributed by atoms with Crippen molar-refractivity contribution in [1.29, 1.82) is 0 Å². The van der Waals surface area contributed by atoms with E-state index in [1.165, 1.54) is 28.4 Å². The molecule has 0 aliphatic carbocycles. The fourth-order valence-corrected chi connectivity index (χ4v) is 3.24. The van der Waals surface area contributed by atoms with Gasteiger partial charge in [0.2, 0.25) is 0 Å². The molecule has 20 heavy (non-hydrogen) atoms. The van der Waals surface area contributed by atoms with E-state index in [1.807, 2.05) is 11.3 Å². The fourth-order valence-electron chi connectivity index (χ4n) is 2.09. The number of methoxy groups -OCH3 is 1. The maximum Gasteiger partial charge on any atom is 0.0985 e. The van der Waals surface area contributed by atoms with E-state index in [2.05, 4.69) is 39.9 Å². The van der Waals surface area contributed by atoms with Crippen molar-refractivity contribution in [3.05, 3.63) is 15.6 Å². The van der Waals surface area contributed by atoms with Gasteiger partial charge in [0, 0.05) is 30.1 Å². The lowest BCUT2D eigenvalue weighted by molar-refractivity contribution is 0.192. The smallest absolute Gasteiger partial charge is 0.0985 e. The van der Waals surface area contributed by atoms with Crippen molar-refractivity contribution >= 4 is 11.3 Å². The van der Waals surface area contributed by atoms with Gasteiger partial charge in [0.05, 0.1) is 10.7 Å². The Balaban J connectivity index is 2.43. The monoisotopic (exact) mass is 298 g/mol. The second-order valence-corrected chi connectivity index (χ2v) is 7.48. The number of hydrogen-bond donors (Lipinski definition) is 1. The summed E-state index contributed by atoms with van der Waals surface area (Å²) in [5.74, 6) is 0. The molecule has 1 N–H and O–H groups in total. The highest BCUT2D eigenvalue weighted by atomic mass is 32.1. The molecule has 0 saturated heterocycles. The number of ether oxygens (including phenoxy) is 1. The zero-order valence-electron chi connectivity index (χ0n) is 13.9. The van der Waals surface area contributed by atoms with Crippen LogP contribution in [0.5, 0.6) is 0 Å². The number of unbranched alkanes of at least 4 members (excludes halogenated alkanes) is 2. The van der Waals surface area contributed by atoms with Crippen LogP contribution in [0.2, 0.25) is 0 Å². The molecule has 3 nitrogen and oxygen atoms in total. The van der Waals surface area contributed by atoms with Gasteiger partial charge in [-0.05, 0) is 39.7 Å². The Morgan fingerprint density at radius 3 is 2.50 bits per heavy atom. The van der Waals surface area contributed by atoms with E-state index in [1.54, 1.807) is 7.11 Å². The van der Waals surface area contributed by atoms with Crippen LogP contribution >= 0.6 is 11.3 Å². The maximum absolute atomic E-state index is 5.06. The van der Waals surface area contributed by atoms with Crippen LogP contribution in [0.15, 0.2) is 0 Å². The first-order valence-electron chi connectivity index (χ1n) is 7.56. The first-order valence-corrected chi connectivity index (χ1v) is 8.38. The molecule has 0 bridgehead atoms. The van der Waals surface area contributed by atoms with Crippen LogP contribution < -0.4 is 5.32 Å². The van der Waals surface area contributed by atoms with Crippen molar-refractivity contribution in [2.45, 2.75) is 65.3 Å². The molecule has 0 amide bonds. The van der Waals surface area contributed by atoms with Gasteiger partial charge < -0.3 is 10.1 Å². The maximum atomic E-state index is 5.06. The summed E-state index contributed by atoms with van der Waals surface area (Å²) in [5.41, 5.74) is 1.33. The molecule has 0 saturated carbocycles. The molecule has 0 aliphatic rings. The minimum Gasteiger partial charge on any atom is -0.385 e. The van der Waals surface area contributed by atoms with E-state index in [-0.39, 0.29) is 5.41 Å². The van der Waals surface area contributed by atoms with Crippen molar-refractivity contribution < 1.29 is 4.74 Å². The van der Waals surface area contributed by atoms with E-state index in [9.17, 15) is 0 Å². The zero-order chi connectivity index (χ0) is 15.2. The van der Waals surface area contributed by atoms with Crippen molar-refractivity contribution in [3.63, 3.8) is 0 Å². The van der Waals surface area contributed by atoms with E-state index >= 15 is 0 Å². The van der Waals surface area contributed by atoms with Gasteiger partial charge in [-0.25, -0.2) is 4.98 Å². The number of thiazole rings is 1. The van der Waals surface area contributed by atoms with Crippen molar-refractivity contribution in [3.8, 4) is 0 Å². The lowest BCUT2D eigenvalue weighted by Gasteiger charge is -2.14. The number of aryl methyl sites for hydroxylation is 1. The quantitative estimate of drug-likeness (QED) is 0.730. The fraction of sp³-hybridized carbons (Fsp3) is 0.812. The van der Waals surface area contributed by atoms with Gasteiger partial charge in [-0.3, -0.25) is 0 Å². The molecule has 1 aromatic heterocycles. The minimum absolute atomic E-state index is 0.146. The second kappa shape index (κ2) is 8.11. The Morgan fingerprint density at radius 1 is 1.25 bits per heavy atom. The Labute approximate surface area is 128 Å². The van der Waals surface area contributed by atoms with Crippen LogP contribution in [0, 0.1) is 6.92 Å². The molecule has 0 aliphatic heterocycles. The third kappa shape index (κ3) is 5.51. The first-order chi connectivity index (χ1) is 9.36. The predicted molar refractivity (Wildman–Crippen MR) is 87.7 cm³/mol. The SMILES string of the molecule is COCCCCCNC(C)c1sc(C(C)(C)C)nc1C. The molecule has 1 unspecified atom stereocenters. The third-order valence-corrected chi connectivity index (χ3v) is 5.11. The summed E-state index contributed by atoms with van der Waals surface area (Å²) in [6.07, 6.45) is 3.58. The van der Waals surface area contributed by atoms with Gasteiger partial charge in [0.1, 0.15) is 0 Å². The first kappa shape index (κ1) is 17.6. The van der Waals surface area contributed by atoms with Crippen LogP contribution in [0.4, 0.5) is 0 Å². The Bertz CT molecular complexity index is 396. The molecular weight excluding hydrogens is 268 g/mol. The number of rotatable bonds is 8. The molecule has 1 heterocycles. The predicted octanol–water partition coefficient (Wildman–Crippen LogP) is 4.22. The van der Waals surface area contributed by atoms with Gasteiger partial charge in [0.15, 0.2) is 0 Å². The Morgan fingerprint density at radius 2 is 1.95 bits per heavy atom. The normalized spacial score (nSPS) is 13.7. The number of aromatic nitrogens is 1. The summed E-state index contributed by atoms with van der Waals surface area (Å²) in [7, 11) is 1.76. The lowest BCUT2D eigenvalue weighted by Crippen LogP contribution is -2.19. The van der Waals surface area contributed by atoms with E-state index in [0.29, 0.717) is 6.04 Å². The molecule has 116 valence electrons. The zero-order valence-corrected chi connectivity index (χ0v) is 14.7. The summed E-state index contributed by atoms with van der Waals surface area (Å²) < 4.78 is 5.06.